The average molecular weight is 430 g/mol. The number of amides is 2. The predicted molar refractivity (Wildman–Crippen MR) is 108 cm³/mol. The Balaban J connectivity index is 1.83. The summed E-state index contributed by atoms with van der Waals surface area (Å²) in [7, 11) is 0. The maximum Gasteiger partial charge on any atom is 0.257 e. The molecule has 0 aromatic heterocycles. The minimum Gasteiger partial charge on any atom is -0.322 e. The number of carbonyl (C=O) groups is 2. The van der Waals surface area contributed by atoms with Crippen molar-refractivity contribution in [3.63, 3.8) is 0 Å². The molecular formula is C20H14BrClN2O2. The van der Waals surface area contributed by atoms with Gasteiger partial charge in [0.1, 0.15) is 0 Å². The molecule has 0 aliphatic carbocycles. The molecule has 0 fully saturated rings. The van der Waals surface area contributed by atoms with Crippen LogP contribution in [0.15, 0.2) is 77.3 Å². The van der Waals surface area contributed by atoms with Gasteiger partial charge in [-0.15, -0.1) is 0 Å². The fourth-order valence-electron chi connectivity index (χ4n) is 2.39. The number of hydrogen-bond donors (Lipinski definition) is 2. The van der Waals surface area contributed by atoms with Gasteiger partial charge in [0.2, 0.25) is 0 Å². The number of carbonyl (C=O) groups excluding carboxylic acids is 2. The average Bonchev–Trinajstić information content (AvgIpc) is 2.62. The van der Waals surface area contributed by atoms with E-state index in [1.807, 2.05) is 6.07 Å². The van der Waals surface area contributed by atoms with Crippen molar-refractivity contribution in [2.45, 2.75) is 0 Å². The standard InChI is InChI=1S/C20H14BrClN2O2/c21-17-10-3-1-8-15(17)19(25)24-18-11-4-2-9-16(18)20(26)23-14-7-5-6-13(22)12-14/h1-12H,(H,23,26)(H,24,25). The van der Waals surface area contributed by atoms with Crippen LogP contribution in [0.3, 0.4) is 0 Å². The fraction of sp³-hybridized carbons (Fsp3) is 0. The molecule has 3 rings (SSSR count). The highest BCUT2D eigenvalue weighted by atomic mass is 79.9. The lowest BCUT2D eigenvalue weighted by molar-refractivity contribution is 0.102. The van der Waals surface area contributed by atoms with Crippen molar-refractivity contribution in [3.8, 4) is 0 Å². The van der Waals surface area contributed by atoms with Crippen molar-refractivity contribution < 1.29 is 9.59 Å². The Morgan fingerprint density at radius 3 is 2.15 bits per heavy atom. The molecule has 0 unspecified atom stereocenters. The molecule has 130 valence electrons. The number of halogens is 2. The van der Waals surface area contributed by atoms with E-state index in [-0.39, 0.29) is 11.8 Å². The van der Waals surface area contributed by atoms with Crippen LogP contribution in [-0.2, 0) is 0 Å². The number of rotatable bonds is 4. The number of para-hydroxylation sites is 1. The van der Waals surface area contributed by atoms with Crippen LogP contribution >= 0.6 is 27.5 Å². The largest absolute Gasteiger partial charge is 0.322 e. The zero-order chi connectivity index (χ0) is 18.5. The molecular weight excluding hydrogens is 416 g/mol. The number of benzene rings is 3. The number of anilines is 2. The Hall–Kier alpha value is -2.63. The summed E-state index contributed by atoms with van der Waals surface area (Å²) in [6, 6.07) is 20.8. The lowest BCUT2D eigenvalue weighted by Gasteiger charge is -2.12. The molecule has 0 bridgehead atoms. The Morgan fingerprint density at radius 2 is 1.42 bits per heavy atom. The molecule has 0 spiro atoms. The summed E-state index contributed by atoms with van der Waals surface area (Å²) in [6.07, 6.45) is 0. The first-order chi connectivity index (χ1) is 12.5. The molecule has 26 heavy (non-hydrogen) atoms. The third-order valence-electron chi connectivity index (χ3n) is 3.62. The SMILES string of the molecule is O=C(Nc1ccccc1C(=O)Nc1cccc(Cl)c1)c1ccccc1Br. The third-order valence-corrected chi connectivity index (χ3v) is 4.55. The Labute approximate surface area is 164 Å². The Morgan fingerprint density at radius 1 is 0.769 bits per heavy atom. The highest BCUT2D eigenvalue weighted by Crippen LogP contribution is 2.22. The fourth-order valence-corrected chi connectivity index (χ4v) is 3.04. The molecule has 2 N–H and O–H groups in total. The normalized spacial score (nSPS) is 10.2. The molecule has 0 saturated heterocycles. The van der Waals surface area contributed by atoms with E-state index < -0.39 is 0 Å². The molecule has 0 atom stereocenters. The van der Waals surface area contributed by atoms with E-state index in [0.717, 1.165) is 0 Å². The lowest BCUT2D eigenvalue weighted by atomic mass is 10.1. The zero-order valence-corrected chi connectivity index (χ0v) is 15.8. The van der Waals surface area contributed by atoms with Gasteiger partial charge in [0.05, 0.1) is 16.8 Å². The molecule has 0 saturated carbocycles. The van der Waals surface area contributed by atoms with Crippen LogP contribution in [0.5, 0.6) is 0 Å². The third kappa shape index (κ3) is 4.31. The van der Waals surface area contributed by atoms with E-state index in [1.165, 1.54) is 0 Å². The molecule has 0 aliphatic heterocycles. The minimum absolute atomic E-state index is 0.305. The van der Waals surface area contributed by atoms with Crippen molar-refractivity contribution in [2.75, 3.05) is 10.6 Å². The van der Waals surface area contributed by atoms with Gasteiger partial charge >= 0.3 is 0 Å². The van der Waals surface area contributed by atoms with Crippen LogP contribution in [0.25, 0.3) is 0 Å². The molecule has 3 aromatic rings. The summed E-state index contributed by atoms with van der Waals surface area (Å²) in [5, 5.41) is 6.10. The van der Waals surface area contributed by atoms with Gasteiger partial charge in [-0.25, -0.2) is 0 Å². The van der Waals surface area contributed by atoms with Crippen molar-refractivity contribution >= 4 is 50.7 Å². The van der Waals surface area contributed by atoms with E-state index in [9.17, 15) is 9.59 Å². The van der Waals surface area contributed by atoms with Gasteiger partial charge in [-0.2, -0.15) is 0 Å². The maximum absolute atomic E-state index is 12.6. The van der Waals surface area contributed by atoms with Crippen LogP contribution < -0.4 is 10.6 Å². The number of nitrogens with one attached hydrogen (secondary N) is 2. The molecule has 3 aromatic carbocycles. The second-order valence-corrected chi connectivity index (χ2v) is 6.73. The van der Waals surface area contributed by atoms with E-state index in [4.69, 9.17) is 11.6 Å². The highest BCUT2D eigenvalue weighted by Gasteiger charge is 2.15. The van der Waals surface area contributed by atoms with Crippen molar-refractivity contribution in [1.82, 2.24) is 0 Å². The summed E-state index contributed by atoms with van der Waals surface area (Å²) >= 11 is 9.30. The summed E-state index contributed by atoms with van der Waals surface area (Å²) in [5.41, 5.74) is 1.84. The summed E-state index contributed by atoms with van der Waals surface area (Å²) in [6.45, 7) is 0. The van der Waals surface area contributed by atoms with Crippen molar-refractivity contribution in [3.05, 3.63) is 93.4 Å². The van der Waals surface area contributed by atoms with Crippen LogP contribution in [0, 0.1) is 0 Å². The van der Waals surface area contributed by atoms with Crippen molar-refractivity contribution in [2.24, 2.45) is 0 Å². The van der Waals surface area contributed by atoms with Gasteiger partial charge in [0.25, 0.3) is 11.8 Å². The molecule has 0 aliphatic rings. The van der Waals surface area contributed by atoms with Gasteiger partial charge in [-0.05, 0) is 58.4 Å². The van der Waals surface area contributed by atoms with Crippen LogP contribution in [0.1, 0.15) is 20.7 Å². The van der Waals surface area contributed by atoms with Gasteiger partial charge < -0.3 is 10.6 Å². The van der Waals surface area contributed by atoms with Crippen molar-refractivity contribution in [1.29, 1.82) is 0 Å². The first-order valence-corrected chi connectivity index (χ1v) is 8.93. The maximum atomic E-state index is 12.6. The molecule has 0 radical (unpaired) electrons. The number of hydrogen-bond acceptors (Lipinski definition) is 2. The molecule has 0 heterocycles. The zero-order valence-electron chi connectivity index (χ0n) is 13.5. The van der Waals surface area contributed by atoms with E-state index in [1.54, 1.807) is 66.7 Å². The quantitative estimate of drug-likeness (QED) is 0.566. The predicted octanol–water partition coefficient (Wildman–Crippen LogP) is 5.61. The smallest absolute Gasteiger partial charge is 0.257 e. The van der Waals surface area contributed by atoms with Gasteiger partial charge in [-0.1, -0.05) is 41.9 Å². The van der Waals surface area contributed by atoms with Crippen LogP contribution in [0.4, 0.5) is 11.4 Å². The van der Waals surface area contributed by atoms with E-state index >= 15 is 0 Å². The van der Waals surface area contributed by atoms with Gasteiger partial charge in [0.15, 0.2) is 0 Å². The first-order valence-electron chi connectivity index (χ1n) is 7.76. The van der Waals surface area contributed by atoms with E-state index in [0.29, 0.717) is 32.0 Å². The summed E-state index contributed by atoms with van der Waals surface area (Å²) < 4.78 is 0.679. The first kappa shape index (κ1) is 18.2. The molecule has 6 heteroatoms. The second-order valence-electron chi connectivity index (χ2n) is 5.44. The molecule has 2 amide bonds. The monoisotopic (exact) mass is 428 g/mol. The second kappa shape index (κ2) is 8.17. The van der Waals surface area contributed by atoms with Gasteiger partial charge in [-0.3, -0.25) is 9.59 Å². The highest BCUT2D eigenvalue weighted by molar-refractivity contribution is 9.10. The Kier molecular flexibility index (Phi) is 5.71. The minimum atomic E-state index is -0.338. The summed E-state index contributed by atoms with van der Waals surface area (Å²) in [5.74, 6) is -0.643. The van der Waals surface area contributed by atoms with E-state index in [2.05, 4.69) is 26.6 Å². The molecule has 4 nitrogen and oxygen atoms in total. The van der Waals surface area contributed by atoms with Crippen LogP contribution in [0.2, 0.25) is 5.02 Å². The topological polar surface area (TPSA) is 58.2 Å². The van der Waals surface area contributed by atoms with Crippen LogP contribution in [-0.4, -0.2) is 11.8 Å². The Bertz CT molecular complexity index is 975. The lowest BCUT2D eigenvalue weighted by Crippen LogP contribution is -2.18. The summed E-state index contributed by atoms with van der Waals surface area (Å²) in [4.78, 5) is 25.1. The van der Waals surface area contributed by atoms with Gasteiger partial charge in [0, 0.05) is 15.2 Å².